The van der Waals surface area contributed by atoms with Gasteiger partial charge in [-0.15, -0.1) is 0 Å². The van der Waals surface area contributed by atoms with Crippen molar-refractivity contribution < 1.29 is 24.5 Å². The minimum atomic E-state index is -1.74. The quantitative estimate of drug-likeness (QED) is 0.595. The highest BCUT2D eigenvalue weighted by atomic mass is 16.6. The Labute approximate surface area is 108 Å². The Balaban J connectivity index is 5.59. The van der Waals surface area contributed by atoms with Gasteiger partial charge < -0.3 is 14.9 Å². The van der Waals surface area contributed by atoms with Crippen molar-refractivity contribution >= 4 is 11.9 Å². The van der Waals surface area contributed by atoms with Crippen molar-refractivity contribution in [1.29, 1.82) is 0 Å². The number of carboxylic acid groups (broad SMARTS) is 1. The number of aliphatic hydroxyl groups is 1. The van der Waals surface area contributed by atoms with E-state index in [1.54, 1.807) is 41.5 Å². The summed E-state index contributed by atoms with van der Waals surface area (Å²) in [6.45, 7) is 9.61. The van der Waals surface area contributed by atoms with Crippen molar-refractivity contribution in [2.45, 2.75) is 53.6 Å². The van der Waals surface area contributed by atoms with Crippen LogP contribution in [0.3, 0.4) is 0 Å². The third kappa shape index (κ3) is 3.45. The molecule has 5 nitrogen and oxygen atoms in total. The smallest absolute Gasteiger partial charge is 0.324 e. The lowest BCUT2D eigenvalue weighted by Gasteiger charge is -2.40. The van der Waals surface area contributed by atoms with Gasteiger partial charge in [-0.05, 0) is 32.6 Å². The van der Waals surface area contributed by atoms with Gasteiger partial charge in [0.05, 0.1) is 0 Å². The van der Waals surface area contributed by atoms with E-state index in [1.807, 2.05) is 0 Å². The van der Waals surface area contributed by atoms with Crippen LogP contribution in [-0.2, 0) is 14.3 Å². The summed E-state index contributed by atoms with van der Waals surface area (Å²) in [5, 5.41) is 18.5. The number of esters is 1. The second-order valence-corrected chi connectivity index (χ2v) is 6.44. The van der Waals surface area contributed by atoms with Gasteiger partial charge in [0.1, 0.15) is 5.60 Å². The molecule has 0 aromatic carbocycles. The molecule has 0 saturated carbocycles. The molecule has 0 aromatic heterocycles. The lowest BCUT2D eigenvalue weighted by molar-refractivity contribution is -0.187. The van der Waals surface area contributed by atoms with Crippen LogP contribution < -0.4 is 0 Å². The summed E-state index contributed by atoms with van der Waals surface area (Å²) in [5.74, 6) is -2.07. The zero-order valence-corrected chi connectivity index (χ0v) is 12.0. The van der Waals surface area contributed by atoms with Gasteiger partial charge in [0.2, 0.25) is 0 Å². The summed E-state index contributed by atoms with van der Waals surface area (Å²) in [6.07, 6.45) is -0.166. The van der Waals surface area contributed by atoms with Crippen molar-refractivity contribution in [3.05, 3.63) is 0 Å². The van der Waals surface area contributed by atoms with E-state index < -0.39 is 28.4 Å². The fourth-order valence-corrected chi connectivity index (χ4v) is 1.83. The Kier molecular flexibility index (Phi) is 4.94. The van der Waals surface area contributed by atoms with Crippen LogP contribution in [0, 0.1) is 10.8 Å². The molecule has 106 valence electrons. The van der Waals surface area contributed by atoms with E-state index in [-0.39, 0.29) is 13.0 Å². The summed E-state index contributed by atoms with van der Waals surface area (Å²) < 4.78 is 5.21. The molecule has 0 heterocycles. The Morgan fingerprint density at radius 1 is 1.06 bits per heavy atom. The lowest BCUT2D eigenvalue weighted by Crippen LogP contribution is -2.52. The van der Waals surface area contributed by atoms with E-state index in [1.165, 1.54) is 0 Å². The Morgan fingerprint density at radius 3 is 1.72 bits per heavy atom. The van der Waals surface area contributed by atoms with Crippen LogP contribution in [0.2, 0.25) is 0 Å². The van der Waals surface area contributed by atoms with Crippen molar-refractivity contribution in [3.63, 3.8) is 0 Å². The zero-order valence-electron chi connectivity index (χ0n) is 12.0. The molecule has 18 heavy (non-hydrogen) atoms. The second-order valence-electron chi connectivity index (χ2n) is 6.44. The van der Waals surface area contributed by atoms with Crippen LogP contribution in [0.25, 0.3) is 0 Å². The summed E-state index contributed by atoms with van der Waals surface area (Å²) in [7, 11) is 0. The average molecular weight is 260 g/mol. The van der Waals surface area contributed by atoms with E-state index in [4.69, 9.17) is 9.84 Å². The summed E-state index contributed by atoms with van der Waals surface area (Å²) in [6, 6.07) is 0. The zero-order chi connectivity index (χ0) is 14.8. The SMILES string of the molecule is CC(C)(C)OC(=O)C(CCO)(C(=O)O)C(C)(C)C. The van der Waals surface area contributed by atoms with Gasteiger partial charge in [-0.25, -0.2) is 0 Å². The number of ether oxygens (including phenoxy) is 1. The van der Waals surface area contributed by atoms with E-state index >= 15 is 0 Å². The predicted molar refractivity (Wildman–Crippen MR) is 67.1 cm³/mol. The molecule has 2 N–H and O–H groups in total. The van der Waals surface area contributed by atoms with Crippen LogP contribution >= 0.6 is 0 Å². The third-order valence-electron chi connectivity index (χ3n) is 2.88. The second kappa shape index (κ2) is 5.26. The van der Waals surface area contributed by atoms with Gasteiger partial charge in [-0.3, -0.25) is 9.59 Å². The lowest BCUT2D eigenvalue weighted by atomic mass is 9.64. The van der Waals surface area contributed by atoms with Crippen molar-refractivity contribution in [2.75, 3.05) is 6.61 Å². The van der Waals surface area contributed by atoms with Crippen LogP contribution in [0.1, 0.15) is 48.0 Å². The van der Waals surface area contributed by atoms with Gasteiger partial charge in [0, 0.05) is 6.61 Å². The highest BCUT2D eigenvalue weighted by molar-refractivity contribution is 6.00. The molecule has 0 bridgehead atoms. The molecule has 1 atom stereocenters. The van der Waals surface area contributed by atoms with E-state index in [9.17, 15) is 14.7 Å². The first-order valence-electron chi connectivity index (χ1n) is 5.96. The molecule has 0 spiro atoms. The standard InChI is InChI=1S/C13H24O5/c1-11(2,3)13(7-8-14,9(15)16)10(17)18-12(4,5)6/h14H,7-8H2,1-6H3,(H,15,16). The molecular weight excluding hydrogens is 236 g/mol. The van der Waals surface area contributed by atoms with Gasteiger partial charge in [-0.1, -0.05) is 20.8 Å². The molecule has 5 heteroatoms. The van der Waals surface area contributed by atoms with Crippen molar-refractivity contribution in [2.24, 2.45) is 10.8 Å². The summed E-state index contributed by atoms with van der Waals surface area (Å²) >= 11 is 0. The average Bonchev–Trinajstić information content (AvgIpc) is 2.07. The maximum atomic E-state index is 12.2. The highest BCUT2D eigenvalue weighted by Gasteiger charge is 2.56. The first kappa shape index (κ1) is 16.9. The Bertz CT molecular complexity index is 321. The monoisotopic (exact) mass is 260 g/mol. The third-order valence-corrected chi connectivity index (χ3v) is 2.88. The van der Waals surface area contributed by atoms with Gasteiger partial charge in [-0.2, -0.15) is 0 Å². The number of hydrogen-bond acceptors (Lipinski definition) is 4. The minimum absolute atomic E-state index is 0.166. The molecule has 0 aliphatic rings. The van der Waals surface area contributed by atoms with E-state index in [2.05, 4.69) is 0 Å². The number of carbonyl (C=O) groups is 2. The summed E-state index contributed by atoms with van der Waals surface area (Å²) in [5.41, 5.74) is -3.36. The number of aliphatic carboxylic acids is 1. The molecule has 0 saturated heterocycles. The van der Waals surface area contributed by atoms with Crippen LogP contribution in [-0.4, -0.2) is 34.4 Å². The van der Waals surface area contributed by atoms with Gasteiger partial charge >= 0.3 is 11.9 Å². The first-order chi connectivity index (χ1) is 7.88. The van der Waals surface area contributed by atoms with E-state index in [0.717, 1.165) is 0 Å². The number of aliphatic hydroxyl groups excluding tert-OH is 1. The van der Waals surface area contributed by atoms with Crippen LogP contribution in [0.4, 0.5) is 0 Å². The predicted octanol–water partition coefficient (Wildman–Crippen LogP) is 1.83. The fraction of sp³-hybridized carbons (Fsp3) is 0.846. The molecule has 1 unspecified atom stereocenters. The van der Waals surface area contributed by atoms with Crippen molar-refractivity contribution in [1.82, 2.24) is 0 Å². The minimum Gasteiger partial charge on any atom is -0.480 e. The van der Waals surface area contributed by atoms with Gasteiger partial charge in [0.15, 0.2) is 5.41 Å². The Hall–Kier alpha value is -1.10. The van der Waals surface area contributed by atoms with Gasteiger partial charge in [0.25, 0.3) is 0 Å². The molecule has 0 aromatic rings. The fourth-order valence-electron chi connectivity index (χ4n) is 1.83. The van der Waals surface area contributed by atoms with Crippen LogP contribution in [0.15, 0.2) is 0 Å². The molecule has 0 rings (SSSR count). The molecule has 0 amide bonds. The number of carboxylic acids is 1. The molecule has 0 radical (unpaired) electrons. The maximum Gasteiger partial charge on any atom is 0.324 e. The largest absolute Gasteiger partial charge is 0.480 e. The maximum absolute atomic E-state index is 12.2. The summed E-state index contributed by atoms with van der Waals surface area (Å²) in [4.78, 5) is 23.8. The molecule has 0 fully saturated rings. The van der Waals surface area contributed by atoms with E-state index in [0.29, 0.717) is 0 Å². The van der Waals surface area contributed by atoms with Crippen molar-refractivity contribution in [3.8, 4) is 0 Å². The topological polar surface area (TPSA) is 83.8 Å². The first-order valence-corrected chi connectivity index (χ1v) is 5.96. The number of rotatable bonds is 4. The Morgan fingerprint density at radius 2 is 1.50 bits per heavy atom. The normalized spacial score (nSPS) is 15.9. The number of carbonyl (C=O) groups excluding carboxylic acids is 1. The number of hydrogen-bond donors (Lipinski definition) is 2. The molecular formula is C13H24O5. The van der Waals surface area contributed by atoms with Crippen LogP contribution in [0.5, 0.6) is 0 Å². The highest BCUT2D eigenvalue weighted by Crippen LogP contribution is 2.43. The molecule has 0 aliphatic heterocycles. The molecule has 0 aliphatic carbocycles.